The van der Waals surface area contributed by atoms with Crippen LogP contribution in [0.15, 0.2) is 0 Å². The maximum atomic E-state index is 12.3. The maximum Gasteiger partial charge on any atom is 0.330 e. The molecule has 0 saturated heterocycles. The molecule has 2 N–H and O–H groups in total. The van der Waals surface area contributed by atoms with Crippen LogP contribution in [0.1, 0.15) is 13.8 Å². The number of rotatable bonds is 5. The normalized spacial score (nSPS) is 17.5. The Labute approximate surface area is 74.0 Å². The van der Waals surface area contributed by atoms with Gasteiger partial charge in [0, 0.05) is 6.04 Å². The lowest BCUT2D eigenvalue weighted by Crippen LogP contribution is -2.38. The van der Waals surface area contributed by atoms with Crippen molar-refractivity contribution in [3.05, 3.63) is 0 Å². The minimum absolute atomic E-state index is 0.464. The van der Waals surface area contributed by atoms with Crippen LogP contribution in [-0.4, -0.2) is 31.1 Å². The molecule has 0 rings (SSSR count). The molecule has 0 bridgehead atoms. The third-order valence-corrected chi connectivity index (χ3v) is 1.60. The summed E-state index contributed by atoms with van der Waals surface area (Å²) in [5, 5.41) is 0. The molecule has 0 aliphatic carbocycles. The van der Waals surface area contributed by atoms with E-state index in [1.54, 1.807) is 6.92 Å². The first-order valence-electron chi connectivity index (χ1n) is 3.80. The van der Waals surface area contributed by atoms with Gasteiger partial charge in [-0.2, -0.15) is 8.78 Å². The van der Waals surface area contributed by atoms with E-state index in [9.17, 15) is 17.6 Å². The Hall–Kier alpha value is -0.360. The van der Waals surface area contributed by atoms with E-state index in [0.717, 1.165) is 0 Å². The Bertz CT molecular complexity index is 151. The summed E-state index contributed by atoms with van der Waals surface area (Å²) in [5.41, 5.74) is 5.28. The van der Waals surface area contributed by atoms with Gasteiger partial charge in [0.1, 0.15) is 6.61 Å². The Morgan fingerprint density at radius 3 is 2.08 bits per heavy atom. The van der Waals surface area contributed by atoms with Gasteiger partial charge >= 0.3 is 12.3 Å². The molecule has 0 aliphatic rings. The molecule has 13 heavy (non-hydrogen) atoms. The zero-order valence-corrected chi connectivity index (χ0v) is 7.44. The third kappa shape index (κ3) is 4.42. The summed E-state index contributed by atoms with van der Waals surface area (Å²) in [4.78, 5) is 0. The number of nitrogens with two attached hydrogens (primary N) is 1. The largest absolute Gasteiger partial charge is 0.370 e. The maximum absolute atomic E-state index is 12.3. The van der Waals surface area contributed by atoms with Crippen molar-refractivity contribution in [2.24, 2.45) is 5.73 Å². The first-order valence-corrected chi connectivity index (χ1v) is 3.80. The molecule has 0 fully saturated rings. The van der Waals surface area contributed by atoms with Crippen LogP contribution in [0.5, 0.6) is 0 Å². The van der Waals surface area contributed by atoms with Crippen molar-refractivity contribution < 1.29 is 22.3 Å². The lowest BCUT2D eigenvalue weighted by Gasteiger charge is -2.21. The molecule has 6 heteroatoms. The molecule has 0 radical (unpaired) electrons. The van der Waals surface area contributed by atoms with E-state index < -0.39 is 31.1 Å². The molecule has 0 aromatic rings. The number of ether oxygens (including phenoxy) is 1. The summed E-state index contributed by atoms with van der Waals surface area (Å²) >= 11 is 0. The number of hydrogen-bond donors (Lipinski definition) is 1. The average Bonchev–Trinajstić information content (AvgIpc) is 1.99. The van der Waals surface area contributed by atoms with Crippen molar-refractivity contribution in [2.45, 2.75) is 38.3 Å². The molecule has 2 atom stereocenters. The van der Waals surface area contributed by atoms with E-state index >= 15 is 0 Å². The van der Waals surface area contributed by atoms with Crippen molar-refractivity contribution >= 4 is 0 Å². The van der Waals surface area contributed by atoms with Gasteiger partial charge in [-0.05, 0) is 13.8 Å². The van der Waals surface area contributed by atoms with Crippen molar-refractivity contribution in [3.63, 3.8) is 0 Å². The van der Waals surface area contributed by atoms with Gasteiger partial charge in [-0.1, -0.05) is 0 Å². The van der Waals surface area contributed by atoms with Gasteiger partial charge in [0.2, 0.25) is 0 Å². The van der Waals surface area contributed by atoms with Crippen LogP contribution in [0, 0.1) is 0 Å². The summed E-state index contributed by atoms with van der Waals surface area (Å²) in [6.45, 7) is 1.70. The molecule has 0 saturated carbocycles. The Balaban J connectivity index is 3.88. The molecule has 0 aromatic carbocycles. The van der Waals surface area contributed by atoms with Gasteiger partial charge in [-0.15, -0.1) is 0 Å². The minimum Gasteiger partial charge on any atom is -0.370 e. The fourth-order valence-electron chi connectivity index (χ4n) is 0.457. The average molecular weight is 203 g/mol. The number of alkyl halides is 4. The van der Waals surface area contributed by atoms with Gasteiger partial charge in [-0.3, -0.25) is 0 Å². The predicted octanol–water partition coefficient (Wildman–Crippen LogP) is 1.64. The highest BCUT2D eigenvalue weighted by atomic mass is 19.3. The summed E-state index contributed by atoms with van der Waals surface area (Å²) in [7, 11) is 0. The van der Waals surface area contributed by atoms with Gasteiger partial charge in [0.05, 0.1) is 6.10 Å². The SMILES string of the molecule is CC(OCC(F)(F)C(F)F)[C@H](C)N. The van der Waals surface area contributed by atoms with Crippen molar-refractivity contribution in [3.8, 4) is 0 Å². The van der Waals surface area contributed by atoms with Gasteiger partial charge < -0.3 is 10.5 Å². The van der Waals surface area contributed by atoms with Gasteiger partial charge in [-0.25, -0.2) is 8.78 Å². The van der Waals surface area contributed by atoms with Crippen LogP contribution >= 0.6 is 0 Å². The lowest BCUT2D eigenvalue weighted by molar-refractivity contribution is -0.175. The van der Waals surface area contributed by atoms with Gasteiger partial charge in [0.25, 0.3) is 0 Å². The molecular weight excluding hydrogens is 190 g/mol. The fraction of sp³-hybridized carbons (Fsp3) is 1.00. The number of hydrogen-bond acceptors (Lipinski definition) is 2. The van der Waals surface area contributed by atoms with Crippen LogP contribution in [0.25, 0.3) is 0 Å². The van der Waals surface area contributed by atoms with Crippen molar-refractivity contribution in [1.29, 1.82) is 0 Å². The Morgan fingerprint density at radius 2 is 1.77 bits per heavy atom. The first kappa shape index (κ1) is 12.6. The molecule has 0 aromatic heterocycles. The van der Waals surface area contributed by atoms with Crippen LogP contribution in [0.4, 0.5) is 17.6 Å². The zero-order valence-electron chi connectivity index (χ0n) is 7.44. The number of halogens is 4. The molecule has 0 aliphatic heterocycles. The van der Waals surface area contributed by atoms with Crippen LogP contribution in [-0.2, 0) is 4.74 Å². The Morgan fingerprint density at radius 1 is 1.31 bits per heavy atom. The molecule has 0 amide bonds. The van der Waals surface area contributed by atoms with E-state index in [1.165, 1.54) is 6.92 Å². The van der Waals surface area contributed by atoms with E-state index in [4.69, 9.17) is 5.73 Å². The summed E-state index contributed by atoms with van der Waals surface area (Å²) in [5.74, 6) is -4.09. The first-order chi connectivity index (χ1) is 5.77. The van der Waals surface area contributed by atoms with Crippen molar-refractivity contribution in [1.82, 2.24) is 0 Å². The second-order valence-corrected chi connectivity index (χ2v) is 2.94. The Kier molecular flexibility index (Phi) is 4.63. The third-order valence-electron chi connectivity index (χ3n) is 1.60. The lowest BCUT2D eigenvalue weighted by atomic mass is 10.2. The zero-order chi connectivity index (χ0) is 10.6. The van der Waals surface area contributed by atoms with E-state index in [-0.39, 0.29) is 0 Å². The van der Waals surface area contributed by atoms with E-state index in [0.29, 0.717) is 0 Å². The topological polar surface area (TPSA) is 35.2 Å². The van der Waals surface area contributed by atoms with Crippen molar-refractivity contribution in [2.75, 3.05) is 6.61 Å². The molecule has 2 nitrogen and oxygen atoms in total. The smallest absolute Gasteiger partial charge is 0.330 e. The highest BCUT2D eigenvalue weighted by Gasteiger charge is 2.41. The van der Waals surface area contributed by atoms with Gasteiger partial charge in [0.15, 0.2) is 0 Å². The minimum atomic E-state index is -4.09. The highest BCUT2D eigenvalue weighted by molar-refractivity contribution is 4.70. The quantitative estimate of drug-likeness (QED) is 0.689. The summed E-state index contributed by atoms with van der Waals surface area (Å²) in [6, 6.07) is -0.464. The molecule has 0 heterocycles. The standard InChI is InChI=1S/C7H13F4NO/c1-4(12)5(2)13-3-7(10,11)6(8)9/h4-6H,3,12H2,1-2H3/t4-,5?/m0/s1. The van der Waals surface area contributed by atoms with E-state index in [1.807, 2.05) is 0 Å². The van der Waals surface area contributed by atoms with Crippen LogP contribution < -0.4 is 5.73 Å². The molecular formula is C7H13F4NO. The monoisotopic (exact) mass is 203 g/mol. The molecule has 80 valence electrons. The molecule has 0 spiro atoms. The van der Waals surface area contributed by atoms with E-state index in [2.05, 4.69) is 4.74 Å². The summed E-state index contributed by atoms with van der Waals surface area (Å²) < 4.78 is 52.2. The predicted molar refractivity (Wildman–Crippen MR) is 40.0 cm³/mol. The van der Waals surface area contributed by atoms with Crippen LogP contribution in [0.2, 0.25) is 0 Å². The highest BCUT2D eigenvalue weighted by Crippen LogP contribution is 2.23. The fourth-order valence-corrected chi connectivity index (χ4v) is 0.457. The van der Waals surface area contributed by atoms with Crippen LogP contribution in [0.3, 0.4) is 0 Å². The second-order valence-electron chi connectivity index (χ2n) is 2.94. The molecule has 1 unspecified atom stereocenters. The second kappa shape index (κ2) is 4.76. The summed E-state index contributed by atoms with van der Waals surface area (Å²) in [6.07, 6.45) is -4.36.